The van der Waals surface area contributed by atoms with Crippen LogP contribution in [0.5, 0.6) is 0 Å². The molecule has 1 heterocycles. The van der Waals surface area contributed by atoms with Gasteiger partial charge in [0.05, 0.1) is 19.6 Å². The summed E-state index contributed by atoms with van der Waals surface area (Å²) in [5.41, 5.74) is 0. The lowest BCUT2D eigenvalue weighted by atomic mass is 10.1. The maximum absolute atomic E-state index is 2.32. The van der Waals surface area contributed by atoms with E-state index in [1.54, 1.807) is 0 Å². The van der Waals surface area contributed by atoms with E-state index in [4.69, 9.17) is 0 Å². The molecule has 1 rings (SSSR count). The average Bonchev–Trinajstić information content (AvgIpc) is 2.03. The van der Waals surface area contributed by atoms with Gasteiger partial charge in [-0.05, 0) is 31.6 Å². The molecule has 0 aromatic heterocycles. The van der Waals surface area contributed by atoms with Gasteiger partial charge in [-0.15, -0.1) is 0 Å². The standard InChI is InChI=1S/C10H21N.ClH/c1-10(2)6-9-11-7-4-3-5-8-11;/h10H,3-9H2,1-2H3;1H. The fraction of sp³-hybridized carbons (Fsp3) is 1.00. The van der Waals surface area contributed by atoms with Gasteiger partial charge in [0.25, 0.3) is 0 Å². The maximum Gasteiger partial charge on any atom is 0.0773 e. The number of halogens is 1. The summed E-state index contributed by atoms with van der Waals surface area (Å²) in [5, 5.41) is 0. The first-order valence-corrected chi connectivity index (χ1v) is 5.12. The highest BCUT2D eigenvalue weighted by molar-refractivity contribution is 4.48. The molecule has 0 saturated carbocycles. The van der Waals surface area contributed by atoms with Gasteiger partial charge in [-0.2, -0.15) is 0 Å². The first kappa shape index (κ1) is 12.2. The highest BCUT2D eigenvalue weighted by Crippen LogP contribution is 1.98. The van der Waals surface area contributed by atoms with Crippen molar-refractivity contribution in [3.05, 3.63) is 0 Å². The van der Waals surface area contributed by atoms with Crippen LogP contribution in [0.2, 0.25) is 0 Å². The minimum Gasteiger partial charge on any atom is -1.00 e. The van der Waals surface area contributed by atoms with Crippen molar-refractivity contribution >= 4 is 0 Å². The predicted molar refractivity (Wildman–Crippen MR) is 48.9 cm³/mol. The van der Waals surface area contributed by atoms with Crippen molar-refractivity contribution in [1.82, 2.24) is 0 Å². The molecule has 1 aliphatic rings. The molecule has 0 unspecified atom stereocenters. The van der Waals surface area contributed by atoms with Crippen molar-refractivity contribution in [3.63, 3.8) is 0 Å². The summed E-state index contributed by atoms with van der Waals surface area (Å²) < 4.78 is 0. The molecule has 1 fully saturated rings. The Morgan fingerprint density at radius 1 is 1.08 bits per heavy atom. The Labute approximate surface area is 82.9 Å². The molecule has 1 N–H and O–H groups in total. The topological polar surface area (TPSA) is 4.44 Å². The Balaban J connectivity index is 0.00000121. The molecule has 0 aromatic carbocycles. The monoisotopic (exact) mass is 191 g/mol. The minimum atomic E-state index is 0. The van der Waals surface area contributed by atoms with Crippen LogP contribution in [0.25, 0.3) is 0 Å². The van der Waals surface area contributed by atoms with Crippen LogP contribution < -0.4 is 17.3 Å². The van der Waals surface area contributed by atoms with Gasteiger partial charge in [0.2, 0.25) is 0 Å². The summed E-state index contributed by atoms with van der Waals surface area (Å²) in [4.78, 5) is 1.85. The van der Waals surface area contributed by atoms with E-state index < -0.39 is 0 Å². The summed E-state index contributed by atoms with van der Waals surface area (Å²) in [6.07, 6.45) is 5.82. The molecular weight excluding hydrogens is 170 g/mol. The Bertz CT molecular complexity index is 98.0. The molecule has 1 aliphatic heterocycles. The van der Waals surface area contributed by atoms with E-state index in [2.05, 4.69) is 13.8 Å². The summed E-state index contributed by atoms with van der Waals surface area (Å²) in [7, 11) is 0. The lowest BCUT2D eigenvalue weighted by Crippen LogP contribution is -3.12. The third-order valence-corrected chi connectivity index (χ3v) is 2.64. The Morgan fingerprint density at radius 2 is 1.67 bits per heavy atom. The predicted octanol–water partition coefficient (Wildman–Crippen LogP) is -1.89. The first-order chi connectivity index (χ1) is 5.29. The van der Waals surface area contributed by atoms with Crippen molar-refractivity contribution in [2.75, 3.05) is 19.6 Å². The van der Waals surface area contributed by atoms with Gasteiger partial charge >= 0.3 is 0 Å². The Morgan fingerprint density at radius 3 is 2.17 bits per heavy atom. The van der Waals surface area contributed by atoms with Gasteiger partial charge < -0.3 is 17.3 Å². The smallest absolute Gasteiger partial charge is 0.0773 e. The lowest BCUT2D eigenvalue weighted by Gasteiger charge is -2.23. The molecule has 2 heteroatoms. The van der Waals surface area contributed by atoms with E-state index in [1.165, 1.54) is 45.3 Å². The summed E-state index contributed by atoms with van der Waals surface area (Å²) in [5.74, 6) is 0.893. The normalized spacial score (nSPS) is 19.2. The van der Waals surface area contributed by atoms with Gasteiger partial charge in [0.1, 0.15) is 0 Å². The molecule has 1 nitrogen and oxygen atoms in total. The SMILES string of the molecule is CC(C)CC[NH+]1CCCCC1.[Cl-]. The van der Waals surface area contributed by atoms with E-state index in [0.29, 0.717) is 0 Å². The van der Waals surface area contributed by atoms with Gasteiger partial charge in [-0.3, -0.25) is 0 Å². The largest absolute Gasteiger partial charge is 1.00 e. The molecule has 0 aromatic rings. The molecule has 12 heavy (non-hydrogen) atoms. The van der Waals surface area contributed by atoms with Crippen molar-refractivity contribution in [2.45, 2.75) is 39.5 Å². The van der Waals surface area contributed by atoms with Crippen molar-refractivity contribution in [2.24, 2.45) is 5.92 Å². The summed E-state index contributed by atoms with van der Waals surface area (Å²) in [6.45, 7) is 8.93. The fourth-order valence-electron chi connectivity index (χ4n) is 1.79. The zero-order chi connectivity index (χ0) is 8.10. The third-order valence-electron chi connectivity index (χ3n) is 2.64. The fourth-order valence-corrected chi connectivity index (χ4v) is 1.79. The zero-order valence-corrected chi connectivity index (χ0v) is 9.16. The van der Waals surface area contributed by atoms with E-state index in [-0.39, 0.29) is 12.4 Å². The number of hydrogen-bond acceptors (Lipinski definition) is 0. The second-order valence-corrected chi connectivity index (χ2v) is 4.24. The number of piperidine rings is 1. The van der Waals surface area contributed by atoms with E-state index in [1.807, 2.05) is 4.90 Å². The molecule has 74 valence electrons. The van der Waals surface area contributed by atoms with Crippen molar-refractivity contribution < 1.29 is 17.3 Å². The minimum absolute atomic E-state index is 0. The van der Waals surface area contributed by atoms with Crippen LogP contribution in [0.3, 0.4) is 0 Å². The second-order valence-electron chi connectivity index (χ2n) is 4.24. The van der Waals surface area contributed by atoms with E-state index in [0.717, 1.165) is 5.92 Å². The van der Waals surface area contributed by atoms with Crippen LogP contribution in [0.15, 0.2) is 0 Å². The lowest BCUT2D eigenvalue weighted by molar-refractivity contribution is -0.905. The summed E-state index contributed by atoms with van der Waals surface area (Å²) >= 11 is 0. The molecule has 0 radical (unpaired) electrons. The summed E-state index contributed by atoms with van der Waals surface area (Å²) in [6, 6.07) is 0. The molecule has 0 spiro atoms. The van der Waals surface area contributed by atoms with Gasteiger partial charge in [-0.25, -0.2) is 0 Å². The first-order valence-electron chi connectivity index (χ1n) is 5.12. The zero-order valence-electron chi connectivity index (χ0n) is 8.41. The van der Waals surface area contributed by atoms with E-state index in [9.17, 15) is 0 Å². The van der Waals surface area contributed by atoms with E-state index >= 15 is 0 Å². The number of likely N-dealkylation sites (tertiary alicyclic amines) is 1. The average molecular weight is 192 g/mol. The molecule has 0 amide bonds. The van der Waals surface area contributed by atoms with Crippen molar-refractivity contribution in [3.8, 4) is 0 Å². The van der Waals surface area contributed by atoms with Crippen LogP contribution in [-0.2, 0) is 0 Å². The molecule has 0 aliphatic carbocycles. The van der Waals surface area contributed by atoms with Crippen LogP contribution in [0, 0.1) is 5.92 Å². The Kier molecular flexibility index (Phi) is 6.87. The molecular formula is C10H22ClN. The highest BCUT2D eigenvalue weighted by atomic mass is 35.5. The molecule has 0 atom stereocenters. The number of rotatable bonds is 3. The Hall–Kier alpha value is 0.250. The second kappa shape index (κ2) is 6.73. The van der Waals surface area contributed by atoms with Gasteiger partial charge in [-0.1, -0.05) is 13.8 Å². The number of quaternary nitrogens is 1. The quantitative estimate of drug-likeness (QED) is 0.532. The number of hydrogen-bond donors (Lipinski definition) is 1. The van der Waals surface area contributed by atoms with Crippen molar-refractivity contribution in [1.29, 1.82) is 0 Å². The maximum atomic E-state index is 2.32. The molecule has 0 bridgehead atoms. The van der Waals surface area contributed by atoms with Crippen LogP contribution >= 0.6 is 0 Å². The van der Waals surface area contributed by atoms with Crippen LogP contribution in [0.1, 0.15) is 39.5 Å². The van der Waals surface area contributed by atoms with Gasteiger partial charge in [0.15, 0.2) is 0 Å². The van der Waals surface area contributed by atoms with Crippen LogP contribution in [-0.4, -0.2) is 19.6 Å². The van der Waals surface area contributed by atoms with Crippen LogP contribution in [0.4, 0.5) is 0 Å². The third kappa shape index (κ3) is 5.00. The molecule has 1 saturated heterocycles. The van der Waals surface area contributed by atoms with Gasteiger partial charge in [0, 0.05) is 0 Å². The number of nitrogens with one attached hydrogen (secondary N) is 1. The highest BCUT2D eigenvalue weighted by Gasteiger charge is 2.12.